The quantitative estimate of drug-likeness (QED) is 0.656. The van der Waals surface area contributed by atoms with Crippen LogP contribution in [0.1, 0.15) is 39.0 Å². The van der Waals surface area contributed by atoms with Gasteiger partial charge in [-0.1, -0.05) is 6.92 Å². The Kier molecular flexibility index (Phi) is 4.47. The lowest BCUT2D eigenvalue weighted by Gasteiger charge is -2.17. The van der Waals surface area contributed by atoms with Crippen molar-refractivity contribution in [2.75, 3.05) is 11.5 Å². The van der Waals surface area contributed by atoms with Gasteiger partial charge in [-0.15, -0.1) is 0 Å². The van der Waals surface area contributed by atoms with Gasteiger partial charge in [0.05, 0.1) is 6.07 Å². The van der Waals surface area contributed by atoms with Gasteiger partial charge in [0.2, 0.25) is 0 Å². The normalized spacial score (nSPS) is 26.4. The monoisotopic (exact) mass is 211 g/mol. The standard InChI is InChI=1S/C11H17NOS/c1-2-14-8-4-7-11(9-12)6-3-5-10(11)13/h2-8H2,1H3. The van der Waals surface area contributed by atoms with E-state index in [0.717, 1.165) is 37.2 Å². The molecule has 1 saturated carbocycles. The summed E-state index contributed by atoms with van der Waals surface area (Å²) in [4.78, 5) is 11.6. The van der Waals surface area contributed by atoms with Crippen LogP contribution in [-0.2, 0) is 4.79 Å². The first-order valence-electron chi connectivity index (χ1n) is 5.27. The number of thioether (sulfide) groups is 1. The molecule has 0 radical (unpaired) electrons. The van der Waals surface area contributed by atoms with E-state index >= 15 is 0 Å². The molecule has 0 aromatic rings. The summed E-state index contributed by atoms with van der Waals surface area (Å²) in [6.45, 7) is 2.13. The zero-order chi connectivity index (χ0) is 10.4. The third-order valence-electron chi connectivity index (χ3n) is 2.85. The first-order chi connectivity index (χ1) is 6.75. The average molecular weight is 211 g/mol. The number of rotatable bonds is 5. The maximum atomic E-state index is 11.6. The fourth-order valence-corrected chi connectivity index (χ4v) is 2.63. The third-order valence-corrected chi connectivity index (χ3v) is 3.84. The molecule has 0 N–H and O–H groups in total. The van der Waals surface area contributed by atoms with E-state index in [0.29, 0.717) is 6.42 Å². The Morgan fingerprint density at radius 1 is 1.64 bits per heavy atom. The van der Waals surface area contributed by atoms with Crippen molar-refractivity contribution in [3.63, 3.8) is 0 Å². The van der Waals surface area contributed by atoms with Crippen LogP contribution in [0.2, 0.25) is 0 Å². The molecule has 1 aliphatic carbocycles. The van der Waals surface area contributed by atoms with Gasteiger partial charge in [0, 0.05) is 6.42 Å². The molecule has 3 heteroatoms. The second-order valence-electron chi connectivity index (χ2n) is 3.77. The number of nitriles is 1. The molecule has 0 heterocycles. The molecule has 0 saturated heterocycles. The van der Waals surface area contributed by atoms with Crippen LogP contribution in [0.25, 0.3) is 0 Å². The predicted molar refractivity (Wildman–Crippen MR) is 59.1 cm³/mol. The number of Topliss-reactive ketones (excluding diaryl/α,β-unsaturated/α-hetero) is 1. The van der Waals surface area contributed by atoms with Crippen LogP contribution in [0.3, 0.4) is 0 Å². The first kappa shape index (κ1) is 11.6. The summed E-state index contributed by atoms with van der Waals surface area (Å²) >= 11 is 1.88. The van der Waals surface area contributed by atoms with Crippen molar-refractivity contribution in [1.82, 2.24) is 0 Å². The lowest BCUT2D eigenvalue weighted by atomic mass is 9.82. The van der Waals surface area contributed by atoms with Gasteiger partial charge in [0.15, 0.2) is 5.78 Å². The summed E-state index contributed by atoms with van der Waals surface area (Å²) in [6, 6.07) is 2.25. The molecular weight excluding hydrogens is 194 g/mol. The Morgan fingerprint density at radius 2 is 2.43 bits per heavy atom. The number of carbonyl (C=O) groups is 1. The Hall–Kier alpha value is -0.490. The number of carbonyl (C=O) groups excluding carboxylic acids is 1. The van der Waals surface area contributed by atoms with Gasteiger partial charge in [-0.05, 0) is 37.2 Å². The van der Waals surface area contributed by atoms with Gasteiger partial charge < -0.3 is 0 Å². The van der Waals surface area contributed by atoms with Crippen LogP contribution >= 0.6 is 11.8 Å². The topological polar surface area (TPSA) is 40.9 Å². The van der Waals surface area contributed by atoms with Crippen molar-refractivity contribution in [2.45, 2.75) is 39.0 Å². The zero-order valence-corrected chi connectivity index (χ0v) is 9.53. The van der Waals surface area contributed by atoms with Crippen molar-refractivity contribution in [3.8, 4) is 6.07 Å². The largest absolute Gasteiger partial charge is 0.298 e. The lowest BCUT2D eigenvalue weighted by molar-refractivity contribution is -0.123. The van der Waals surface area contributed by atoms with E-state index in [4.69, 9.17) is 5.26 Å². The highest BCUT2D eigenvalue weighted by Crippen LogP contribution is 2.38. The van der Waals surface area contributed by atoms with Gasteiger partial charge in [0.1, 0.15) is 5.41 Å². The zero-order valence-electron chi connectivity index (χ0n) is 8.71. The summed E-state index contributed by atoms with van der Waals surface area (Å²) in [5, 5.41) is 9.07. The Bertz CT molecular complexity index is 246. The molecule has 0 aliphatic heterocycles. The molecule has 78 valence electrons. The second kappa shape index (κ2) is 5.41. The Labute approximate surface area is 90.1 Å². The molecule has 0 amide bonds. The van der Waals surface area contributed by atoms with E-state index in [1.807, 2.05) is 11.8 Å². The van der Waals surface area contributed by atoms with Crippen LogP contribution in [0.5, 0.6) is 0 Å². The van der Waals surface area contributed by atoms with Crippen LogP contribution in [0.15, 0.2) is 0 Å². The minimum Gasteiger partial charge on any atom is -0.298 e. The number of nitrogens with zero attached hydrogens (tertiary/aromatic N) is 1. The fourth-order valence-electron chi connectivity index (χ4n) is 1.99. The van der Waals surface area contributed by atoms with Gasteiger partial charge >= 0.3 is 0 Å². The third kappa shape index (κ3) is 2.51. The minimum absolute atomic E-state index is 0.182. The molecule has 1 aliphatic rings. The summed E-state index contributed by atoms with van der Waals surface area (Å²) in [5.74, 6) is 2.38. The summed E-state index contributed by atoms with van der Waals surface area (Å²) < 4.78 is 0. The van der Waals surface area contributed by atoms with Gasteiger partial charge in [0.25, 0.3) is 0 Å². The maximum Gasteiger partial charge on any atom is 0.153 e. The van der Waals surface area contributed by atoms with Crippen molar-refractivity contribution >= 4 is 17.5 Å². The summed E-state index contributed by atoms with van der Waals surface area (Å²) in [7, 11) is 0. The van der Waals surface area contributed by atoms with Crippen LogP contribution in [0.4, 0.5) is 0 Å². The van der Waals surface area contributed by atoms with Crippen LogP contribution in [-0.4, -0.2) is 17.3 Å². The summed E-state index contributed by atoms with van der Waals surface area (Å²) in [5.41, 5.74) is -0.603. The molecular formula is C11H17NOS. The molecule has 2 nitrogen and oxygen atoms in total. The number of hydrogen-bond donors (Lipinski definition) is 0. The highest BCUT2D eigenvalue weighted by atomic mass is 32.2. The van der Waals surface area contributed by atoms with E-state index in [2.05, 4.69) is 13.0 Å². The molecule has 1 atom stereocenters. The van der Waals surface area contributed by atoms with E-state index in [1.54, 1.807) is 0 Å². The van der Waals surface area contributed by atoms with E-state index in [9.17, 15) is 4.79 Å². The average Bonchev–Trinajstić information content (AvgIpc) is 2.56. The summed E-state index contributed by atoms with van der Waals surface area (Å²) in [6.07, 6.45) is 4.09. The smallest absolute Gasteiger partial charge is 0.153 e. The van der Waals surface area contributed by atoms with Crippen LogP contribution < -0.4 is 0 Å². The van der Waals surface area contributed by atoms with E-state index in [-0.39, 0.29) is 5.78 Å². The highest BCUT2D eigenvalue weighted by Gasteiger charge is 2.41. The SMILES string of the molecule is CCSCCCC1(C#N)CCCC1=O. The molecule has 0 aromatic carbocycles. The molecule has 0 aromatic heterocycles. The lowest BCUT2D eigenvalue weighted by Crippen LogP contribution is -2.23. The van der Waals surface area contributed by atoms with Gasteiger partial charge in [-0.2, -0.15) is 17.0 Å². The van der Waals surface area contributed by atoms with Crippen LogP contribution in [0, 0.1) is 16.7 Å². The first-order valence-corrected chi connectivity index (χ1v) is 6.43. The molecule has 1 rings (SSSR count). The van der Waals surface area contributed by atoms with Crippen molar-refractivity contribution < 1.29 is 4.79 Å². The van der Waals surface area contributed by atoms with E-state index in [1.165, 1.54) is 0 Å². The molecule has 14 heavy (non-hydrogen) atoms. The van der Waals surface area contributed by atoms with Crippen molar-refractivity contribution in [2.24, 2.45) is 5.41 Å². The molecule has 1 unspecified atom stereocenters. The van der Waals surface area contributed by atoms with E-state index < -0.39 is 5.41 Å². The second-order valence-corrected chi connectivity index (χ2v) is 5.16. The van der Waals surface area contributed by atoms with Crippen molar-refractivity contribution in [1.29, 1.82) is 5.26 Å². The van der Waals surface area contributed by atoms with Gasteiger partial charge in [-0.3, -0.25) is 4.79 Å². The Balaban J connectivity index is 2.39. The number of hydrogen-bond acceptors (Lipinski definition) is 3. The molecule has 1 fully saturated rings. The van der Waals surface area contributed by atoms with Crippen molar-refractivity contribution in [3.05, 3.63) is 0 Å². The van der Waals surface area contributed by atoms with Gasteiger partial charge in [-0.25, -0.2) is 0 Å². The fraction of sp³-hybridized carbons (Fsp3) is 0.818. The molecule has 0 bridgehead atoms. The number of ketones is 1. The predicted octanol–water partition coefficient (Wildman–Crippen LogP) is 2.78. The highest BCUT2D eigenvalue weighted by molar-refractivity contribution is 7.99. The molecule has 0 spiro atoms. The minimum atomic E-state index is -0.603. The Morgan fingerprint density at radius 3 is 2.93 bits per heavy atom. The maximum absolute atomic E-state index is 11.6.